The Bertz CT molecular complexity index is 407. The maximum absolute atomic E-state index is 11.3. The molecule has 2 heteroatoms. The number of anilines is 1. The molecule has 1 aliphatic heterocycles. The molecule has 0 atom stereocenters. The van der Waals surface area contributed by atoms with Gasteiger partial charge in [0.2, 0.25) is 5.91 Å². The van der Waals surface area contributed by atoms with Crippen LogP contribution in [0.5, 0.6) is 0 Å². The van der Waals surface area contributed by atoms with Crippen molar-refractivity contribution in [3.05, 3.63) is 29.3 Å². The van der Waals surface area contributed by atoms with Crippen LogP contribution in [0.2, 0.25) is 0 Å². The highest BCUT2D eigenvalue weighted by atomic mass is 16.1. The number of fused-ring (bicyclic) bond motifs is 1. The second-order valence-corrected chi connectivity index (χ2v) is 4.69. The standard InChI is InChI=1S/C13H15NO/c15-13-6-5-11-4-3-10(7-9-1-2-9)8-12(11)14-13/h3-4,8-9H,1-2,5-7H2,(H,14,15). The highest BCUT2D eigenvalue weighted by molar-refractivity contribution is 5.93. The van der Waals surface area contributed by atoms with Gasteiger partial charge >= 0.3 is 0 Å². The van der Waals surface area contributed by atoms with E-state index in [0.717, 1.165) is 18.0 Å². The summed E-state index contributed by atoms with van der Waals surface area (Å²) in [7, 11) is 0. The summed E-state index contributed by atoms with van der Waals surface area (Å²) in [6.07, 6.45) is 5.47. The molecule has 1 aromatic carbocycles. The fourth-order valence-corrected chi connectivity index (χ4v) is 2.20. The van der Waals surface area contributed by atoms with E-state index in [1.54, 1.807) is 0 Å². The van der Waals surface area contributed by atoms with E-state index >= 15 is 0 Å². The third kappa shape index (κ3) is 1.89. The first-order chi connectivity index (χ1) is 7.31. The highest BCUT2D eigenvalue weighted by Crippen LogP contribution is 2.34. The molecule has 0 radical (unpaired) electrons. The van der Waals surface area contributed by atoms with Crippen molar-refractivity contribution in [3.8, 4) is 0 Å². The van der Waals surface area contributed by atoms with Gasteiger partial charge in [0.05, 0.1) is 0 Å². The molecule has 0 bridgehead atoms. The molecule has 78 valence electrons. The van der Waals surface area contributed by atoms with Gasteiger partial charge < -0.3 is 5.32 Å². The van der Waals surface area contributed by atoms with Crippen molar-refractivity contribution in [1.29, 1.82) is 0 Å². The molecule has 3 rings (SSSR count). The van der Waals surface area contributed by atoms with Crippen LogP contribution >= 0.6 is 0 Å². The SMILES string of the molecule is O=C1CCc2ccc(CC3CC3)cc2N1. The maximum Gasteiger partial charge on any atom is 0.224 e. The smallest absolute Gasteiger partial charge is 0.224 e. The van der Waals surface area contributed by atoms with Crippen molar-refractivity contribution in [3.63, 3.8) is 0 Å². The fourth-order valence-electron chi connectivity index (χ4n) is 2.20. The molecule has 1 amide bonds. The zero-order chi connectivity index (χ0) is 10.3. The summed E-state index contributed by atoms with van der Waals surface area (Å²) in [6.45, 7) is 0. The third-order valence-electron chi connectivity index (χ3n) is 3.29. The van der Waals surface area contributed by atoms with E-state index < -0.39 is 0 Å². The van der Waals surface area contributed by atoms with E-state index in [0.29, 0.717) is 6.42 Å². The average molecular weight is 201 g/mol. The van der Waals surface area contributed by atoms with Crippen molar-refractivity contribution < 1.29 is 4.79 Å². The summed E-state index contributed by atoms with van der Waals surface area (Å²) in [4.78, 5) is 11.3. The molecule has 1 fully saturated rings. The van der Waals surface area contributed by atoms with E-state index in [4.69, 9.17) is 0 Å². The van der Waals surface area contributed by atoms with Crippen LogP contribution in [0.25, 0.3) is 0 Å². The van der Waals surface area contributed by atoms with Gasteiger partial charge in [-0.25, -0.2) is 0 Å². The van der Waals surface area contributed by atoms with Gasteiger partial charge in [0.15, 0.2) is 0 Å². The Labute approximate surface area is 89.7 Å². The van der Waals surface area contributed by atoms with Crippen molar-refractivity contribution in [1.82, 2.24) is 0 Å². The molecule has 1 N–H and O–H groups in total. The second-order valence-electron chi connectivity index (χ2n) is 4.69. The zero-order valence-corrected chi connectivity index (χ0v) is 8.75. The summed E-state index contributed by atoms with van der Waals surface area (Å²) < 4.78 is 0. The molecule has 1 aromatic rings. The summed E-state index contributed by atoms with van der Waals surface area (Å²) >= 11 is 0. The van der Waals surface area contributed by atoms with Crippen molar-refractivity contribution in [2.24, 2.45) is 5.92 Å². The van der Waals surface area contributed by atoms with Gasteiger partial charge in [-0.15, -0.1) is 0 Å². The number of carbonyl (C=O) groups excluding carboxylic acids is 1. The molecule has 15 heavy (non-hydrogen) atoms. The fraction of sp³-hybridized carbons (Fsp3) is 0.462. The Hall–Kier alpha value is -1.31. The largest absolute Gasteiger partial charge is 0.326 e. The zero-order valence-electron chi connectivity index (χ0n) is 8.75. The molecule has 2 nitrogen and oxygen atoms in total. The third-order valence-corrected chi connectivity index (χ3v) is 3.29. The maximum atomic E-state index is 11.3. The highest BCUT2D eigenvalue weighted by Gasteiger charge is 2.22. The Morgan fingerprint density at radius 2 is 2.13 bits per heavy atom. The Morgan fingerprint density at radius 3 is 2.93 bits per heavy atom. The van der Waals surface area contributed by atoms with E-state index in [1.807, 2.05) is 0 Å². The van der Waals surface area contributed by atoms with Crippen LogP contribution < -0.4 is 5.32 Å². The first-order valence-corrected chi connectivity index (χ1v) is 5.73. The summed E-state index contributed by atoms with van der Waals surface area (Å²) in [6, 6.07) is 6.55. The number of carbonyl (C=O) groups is 1. The minimum atomic E-state index is 0.158. The molecule has 0 aromatic heterocycles. The number of hydrogen-bond acceptors (Lipinski definition) is 1. The monoisotopic (exact) mass is 201 g/mol. The van der Waals surface area contributed by atoms with Gasteiger partial charge in [-0.05, 0) is 48.8 Å². The molecule has 0 unspecified atom stereocenters. The number of benzene rings is 1. The van der Waals surface area contributed by atoms with Gasteiger partial charge in [0, 0.05) is 12.1 Å². The van der Waals surface area contributed by atoms with Crippen LogP contribution in [0.1, 0.15) is 30.4 Å². The quantitative estimate of drug-likeness (QED) is 0.782. The van der Waals surface area contributed by atoms with Gasteiger partial charge in [-0.3, -0.25) is 4.79 Å². The number of hydrogen-bond donors (Lipinski definition) is 1. The van der Waals surface area contributed by atoms with E-state index in [-0.39, 0.29) is 5.91 Å². The molecule has 2 aliphatic rings. The van der Waals surface area contributed by atoms with Gasteiger partial charge in [-0.1, -0.05) is 12.1 Å². The van der Waals surface area contributed by atoms with Gasteiger partial charge in [-0.2, -0.15) is 0 Å². The van der Waals surface area contributed by atoms with Crippen molar-refractivity contribution >= 4 is 11.6 Å². The van der Waals surface area contributed by atoms with Crippen molar-refractivity contribution in [2.45, 2.75) is 32.1 Å². The topological polar surface area (TPSA) is 29.1 Å². The van der Waals surface area contributed by atoms with Crippen LogP contribution in [-0.4, -0.2) is 5.91 Å². The molecule has 1 aliphatic carbocycles. The molecular formula is C13H15NO. The van der Waals surface area contributed by atoms with Crippen LogP contribution in [-0.2, 0) is 17.6 Å². The van der Waals surface area contributed by atoms with E-state index in [2.05, 4.69) is 23.5 Å². The van der Waals surface area contributed by atoms with Crippen molar-refractivity contribution in [2.75, 3.05) is 5.32 Å². The minimum absolute atomic E-state index is 0.158. The predicted molar refractivity (Wildman–Crippen MR) is 59.8 cm³/mol. The van der Waals surface area contributed by atoms with Crippen LogP contribution in [0.4, 0.5) is 5.69 Å². The van der Waals surface area contributed by atoms with Gasteiger partial charge in [0.25, 0.3) is 0 Å². The number of rotatable bonds is 2. The molecule has 0 spiro atoms. The van der Waals surface area contributed by atoms with E-state index in [1.165, 1.54) is 30.4 Å². The van der Waals surface area contributed by atoms with Crippen LogP contribution in [0.15, 0.2) is 18.2 Å². The Kier molecular flexibility index (Phi) is 2.01. The Morgan fingerprint density at radius 1 is 1.27 bits per heavy atom. The number of nitrogens with one attached hydrogen (secondary N) is 1. The Balaban J connectivity index is 1.86. The average Bonchev–Trinajstić information content (AvgIpc) is 3.01. The van der Waals surface area contributed by atoms with E-state index in [9.17, 15) is 4.79 Å². The number of aryl methyl sites for hydroxylation is 1. The number of amides is 1. The molecule has 0 saturated heterocycles. The minimum Gasteiger partial charge on any atom is -0.326 e. The summed E-state index contributed by atoms with van der Waals surface area (Å²) in [5.41, 5.74) is 3.71. The lowest BCUT2D eigenvalue weighted by Crippen LogP contribution is -2.19. The lowest BCUT2D eigenvalue weighted by Gasteiger charge is -2.17. The van der Waals surface area contributed by atoms with Crippen LogP contribution in [0.3, 0.4) is 0 Å². The summed E-state index contributed by atoms with van der Waals surface area (Å²) in [5.74, 6) is 1.06. The molecular weight excluding hydrogens is 186 g/mol. The summed E-state index contributed by atoms with van der Waals surface area (Å²) in [5, 5.41) is 2.95. The normalized spacial score (nSPS) is 19.6. The molecule has 1 saturated carbocycles. The predicted octanol–water partition coefficient (Wildman–Crippen LogP) is 2.52. The molecule has 1 heterocycles. The first kappa shape index (κ1) is 8.96. The van der Waals surface area contributed by atoms with Gasteiger partial charge in [0.1, 0.15) is 0 Å². The van der Waals surface area contributed by atoms with Crippen LogP contribution in [0, 0.1) is 5.92 Å². The lowest BCUT2D eigenvalue weighted by molar-refractivity contribution is -0.116. The lowest BCUT2D eigenvalue weighted by atomic mass is 9.99. The first-order valence-electron chi connectivity index (χ1n) is 5.73. The second kappa shape index (κ2) is 3.37.